The van der Waals surface area contributed by atoms with Crippen molar-refractivity contribution in [1.29, 1.82) is 0 Å². The third-order valence-corrected chi connectivity index (χ3v) is 4.02. The molecule has 0 saturated heterocycles. The molecule has 0 aliphatic rings. The molecule has 0 saturated carbocycles. The smallest absolute Gasteiger partial charge is 0.273 e. The van der Waals surface area contributed by atoms with Crippen molar-refractivity contribution in [3.63, 3.8) is 0 Å². The average molecular weight is 388 g/mol. The highest BCUT2D eigenvalue weighted by Gasteiger charge is 2.21. The SMILES string of the molecule is COc1ccc(OCC(=O)Nc2ccc([N+](=O)[O-])cc2OC)c(C(C)(C)C)c1. The number of carbonyl (C=O) groups excluding carboxylic acids is 1. The van der Waals surface area contributed by atoms with Gasteiger partial charge in [0.05, 0.1) is 30.9 Å². The summed E-state index contributed by atoms with van der Waals surface area (Å²) in [5.41, 5.74) is 0.904. The van der Waals surface area contributed by atoms with Gasteiger partial charge < -0.3 is 19.5 Å². The van der Waals surface area contributed by atoms with Crippen molar-refractivity contribution in [2.24, 2.45) is 0 Å². The fraction of sp³-hybridized carbons (Fsp3) is 0.350. The van der Waals surface area contributed by atoms with Gasteiger partial charge in [0.25, 0.3) is 11.6 Å². The van der Waals surface area contributed by atoms with Gasteiger partial charge in [0.2, 0.25) is 0 Å². The molecule has 2 aromatic rings. The van der Waals surface area contributed by atoms with E-state index in [0.717, 1.165) is 5.56 Å². The van der Waals surface area contributed by atoms with Gasteiger partial charge in [-0.3, -0.25) is 14.9 Å². The molecule has 28 heavy (non-hydrogen) atoms. The third kappa shape index (κ3) is 5.12. The van der Waals surface area contributed by atoms with Gasteiger partial charge in [-0.05, 0) is 29.7 Å². The van der Waals surface area contributed by atoms with Crippen molar-refractivity contribution in [2.75, 3.05) is 26.1 Å². The number of carbonyl (C=O) groups is 1. The van der Waals surface area contributed by atoms with Crippen LogP contribution in [0, 0.1) is 10.1 Å². The van der Waals surface area contributed by atoms with Crippen LogP contribution in [-0.4, -0.2) is 31.7 Å². The molecule has 1 amide bonds. The highest BCUT2D eigenvalue weighted by Crippen LogP contribution is 2.34. The van der Waals surface area contributed by atoms with Crippen molar-refractivity contribution >= 4 is 17.3 Å². The van der Waals surface area contributed by atoms with Crippen LogP contribution in [0.5, 0.6) is 17.2 Å². The lowest BCUT2D eigenvalue weighted by Crippen LogP contribution is -2.22. The summed E-state index contributed by atoms with van der Waals surface area (Å²) in [7, 11) is 2.96. The number of amides is 1. The third-order valence-electron chi connectivity index (χ3n) is 4.02. The second-order valence-corrected chi connectivity index (χ2v) is 7.09. The molecule has 1 N–H and O–H groups in total. The number of nitrogens with one attached hydrogen (secondary N) is 1. The van der Waals surface area contributed by atoms with Crippen molar-refractivity contribution in [3.8, 4) is 17.2 Å². The van der Waals surface area contributed by atoms with Crippen LogP contribution < -0.4 is 19.5 Å². The van der Waals surface area contributed by atoms with E-state index in [0.29, 0.717) is 17.2 Å². The monoisotopic (exact) mass is 388 g/mol. The molecule has 0 atom stereocenters. The van der Waals surface area contributed by atoms with E-state index in [9.17, 15) is 14.9 Å². The maximum Gasteiger partial charge on any atom is 0.273 e. The summed E-state index contributed by atoms with van der Waals surface area (Å²) in [5, 5.41) is 13.5. The van der Waals surface area contributed by atoms with E-state index in [1.54, 1.807) is 19.2 Å². The fourth-order valence-corrected chi connectivity index (χ4v) is 2.57. The van der Waals surface area contributed by atoms with Crippen molar-refractivity contribution in [3.05, 3.63) is 52.1 Å². The van der Waals surface area contributed by atoms with E-state index < -0.39 is 10.8 Å². The molecule has 0 aliphatic heterocycles. The average Bonchev–Trinajstić information content (AvgIpc) is 2.65. The molecule has 0 spiro atoms. The predicted octanol–water partition coefficient (Wildman–Crippen LogP) is 3.93. The number of rotatable bonds is 7. The van der Waals surface area contributed by atoms with Crippen LogP contribution in [-0.2, 0) is 10.2 Å². The molecule has 0 fully saturated rings. The summed E-state index contributed by atoms with van der Waals surface area (Å²) >= 11 is 0. The summed E-state index contributed by atoms with van der Waals surface area (Å²) in [6.07, 6.45) is 0. The number of hydrogen-bond acceptors (Lipinski definition) is 6. The number of hydrogen-bond donors (Lipinski definition) is 1. The van der Waals surface area contributed by atoms with E-state index in [-0.39, 0.29) is 23.5 Å². The van der Waals surface area contributed by atoms with Gasteiger partial charge in [0.1, 0.15) is 17.2 Å². The molecule has 2 rings (SSSR count). The molecule has 0 bridgehead atoms. The maximum atomic E-state index is 12.3. The van der Waals surface area contributed by atoms with Crippen molar-refractivity contribution in [1.82, 2.24) is 0 Å². The Morgan fingerprint density at radius 3 is 2.36 bits per heavy atom. The molecule has 0 unspecified atom stereocenters. The standard InChI is InChI=1S/C20H24N2O6/c1-20(2,3)15-11-14(26-4)7-9-17(15)28-12-19(23)21-16-8-6-13(22(24)25)10-18(16)27-5/h6-11H,12H2,1-5H3,(H,21,23). The van der Waals surface area contributed by atoms with Crippen LogP contribution in [0.1, 0.15) is 26.3 Å². The summed E-state index contributed by atoms with van der Waals surface area (Å²) in [6.45, 7) is 5.89. The van der Waals surface area contributed by atoms with Gasteiger partial charge in [0, 0.05) is 11.6 Å². The number of methoxy groups -OCH3 is 2. The first-order chi connectivity index (χ1) is 13.2. The van der Waals surface area contributed by atoms with Gasteiger partial charge in [0.15, 0.2) is 6.61 Å². The number of nitrogens with zero attached hydrogens (tertiary/aromatic N) is 1. The van der Waals surface area contributed by atoms with Gasteiger partial charge in [-0.2, -0.15) is 0 Å². The summed E-state index contributed by atoms with van der Waals surface area (Å²) < 4.78 is 16.1. The molecule has 0 radical (unpaired) electrons. The number of nitro groups is 1. The quantitative estimate of drug-likeness (QED) is 0.570. The van der Waals surface area contributed by atoms with E-state index in [2.05, 4.69) is 5.32 Å². The number of anilines is 1. The van der Waals surface area contributed by atoms with Gasteiger partial charge in [-0.25, -0.2) is 0 Å². The van der Waals surface area contributed by atoms with E-state index in [4.69, 9.17) is 14.2 Å². The normalized spacial score (nSPS) is 10.9. The Morgan fingerprint density at radius 1 is 1.07 bits per heavy atom. The molecule has 8 heteroatoms. The van der Waals surface area contributed by atoms with E-state index >= 15 is 0 Å². The molecule has 0 aliphatic carbocycles. The molecule has 2 aromatic carbocycles. The topological polar surface area (TPSA) is 99.9 Å². The molecule has 8 nitrogen and oxygen atoms in total. The molecule has 0 aromatic heterocycles. The summed E-state index contributed by atoms with van der Waals surface area (Å²) in [4.78, 5) is 22.6. The molecular weight excluding hydrogens is 364 g/mol. The minimum atomic E-state index is -0.533. The Bertz CT molecular complexity index is 873. The minimum Gasteiger partial charge on any atom is -0.497 e. The molecule has 0 heterocycles. The Morgan fingerprint density at radius 2 is 1.79 bits per heavy atom. The van der Waals surface area contributed by atoms with Crippen LogP contribution >= 0.6 is 0 Å². The van der Waals surface area contributed by atoms with Crippen molar-refractivity contribution in [2.45, 2.75) is 26.2 Å². The summed E-state index contributed by atoms with van der Waals surface area (Å²) in [6, 6.07) is 9.37. The molecule has 150 valence electrons. The Balaban J connectivity index is 2.12. The van der Waals surface area contributed by atoms with Crippen LogP contribution in [0.3, 0.4) is 0 Å². The zero-order chi connectivity index (χ0) is 20.9. The zero-order valence-electron chi connectivity index (χ0n) is 16.6. The first-order valence-electron chi connectivity index (χ1n) is 8.59. The largest absolute Gasteiger partial charge is 0.497 e. The van der Waals surface area contributed by atoms with Gasteiger partial charge in [-0.1, -0.05) is 20.8 Å². The van der Waals surface area contributed by atoms with Crippen LogP contribution in [0.4, 0.5) is 11.4 Å². The van der Waals surface area contributed by atoms with Gasteiger partial charge in [-0.15, -0.1) is 0 Å². The lowest BCUT2D eigenvalue weighted by Gasteiger charge is -2.23. The Kier molecular flexibility index (Phi) is 6.45. The second-order valence-electron chi connectivity index (χ2n) is 7.09. The lowest BCUT2D eigenvalue weighted by molar-refractivity contribution is -0.384. The Labute approximate surface area is 163 Å². The first-order valence-corrected chi connectivity index (χ1v) is 8.59. The summed E-state index contributed by atoms with van der Waals surface area (Å²) in [5.74, 6) is 1.07. The van der Waals surface area contributed by atoms with Crippen LogP contribution in [0.25, 0.3) is 0 Å². The van der Waals surface area contributed by atoms with Crippen LogP contribution in [0.2, 0.25) is 0 Å². The van der Waals surface area contributed by atoms with Crippen LogP contribution in [0.15, 0.2) is 36.4 Å². The number of benzene rings is 2. The predicted molar refractivity (Wildman–Crippen MR) is 105 cm³/mol. The zero-order valence-corrected chi connectivity index (χ0v) is 16.6. The number of nitro benzene ring substituents is 1. The van der Waals surface area contributed by atoms with Gasteiger partial charge >= 0.3 is 0 Å². The minimum absolute atomic E-state index is 0.126. The highest BCUT2D eigenvalue weighted by molar-refractivity contribution is 5.93. The molecular formula is C20H24N2O6. The fourth-order valence-electron chi connectivity index (χ4n) is 2.57. The number of non-ortho nitro benzene ring substituents is 1. The van der Waals surface area contributed by atoms with E-state index in [1.165, 1.54) is 25.3 Å². The first kappa shape index (κ1) is 21.0. The van der Waals surface area contributed by atoms with Crippen molar-refractivity contribution < 1.29 is 23.9 Å². The highest BCUT2D eigenvalue weighted by atomic mass is 16.6. The second kappa shape index (κ2) is 8.60. The van der Waals surface area contributed by atoms with E-state index in [1.807, 2.05) is 26.8 Å². The maximum absolute atomic E-state index is 12.3. The number of ether oxygens (including phenoxy) is 3. The Hall–Kier alpha value is -3.29. The lowest BCUT2D eigenvalue weighted by atomic mass is 9.86.